The number of hydrogen-bond acceptors (Lipinski definition) is 2. The Hall–Kier alpha value is -1.22. The van der Waals surface area contributed by atoms with Crippen molar-refractivity contribution in [1.29, 1.82) is 0 Å². The molecule has 1 fully saturated rings. The van der Waals surface area contributed by atoms with E-state index in [9.17, 15) is 4.79 Å². The molecule has 1 aliphatic heterocycles. The molecule has 0 bridgehead atoms. The molecular formula is C16H22ClNO2. The Morgan fingerprint density at radius 2 is 1.95 bits per heavy atom. The van der Waals surface area contributed by atoms with Gasteiger partial charge in [-0.15, -0.1) is 0 Å². The lowest BCUT2D eigenvalue weighted by molar-refractivity contribution is -0.134. The molecule has 1 heterocycles. The molecule has 2 rings (SSSR count). The molecule has 0 saturated carbocycles. The fraction of sp³-hybridized carbons (Fsp3) is 0.562. The lowest BCUT2D eigenvalue weighted by Crippen LogP contribution is -2.39. The number of halogens is 1. The predicted octanol–water partition coefficient (Wildman–Crippen LogP) is 3.76. The molecule has 0 N–H and O–H groups in total. The number of rotatable bonds is 4. The largest absolute Gasteiger partial charge is 0.490 e. The van der Waals surface area contributed by atoms with Gasteiger partial charge in [-0.3, -0.25) is 4.79 Å². The Balaban J connectivity index is 1.80. The maximum atomic E-state index is 12.2. The smallest absolute Gasteiger partial charge is 0.226 e. The van der Waals surface area contributed by atoms with E-state index in [-0.39, 0.29) is 12.0 Å². The first-order valence-corrected chi connectivity index (χ1v) is 7.62. The van der Waals surface area contributed by atoms with Gasteiger partial charge in [-0.2, -0.15) is 0 Å². The van der Waals surface area contributed by atoms with Crippen molar-refractivity contribution >= 4 is 17.5 Å². The van der Waals surface area contributed by atoms with E-state index in [1.54, 1.807) is 12.1 Å². The van der Waals surface area contributed by atoms with Crippen LogP contribution in [0.5, 0.6) is 5.75 Å². The van der Waals surface area contributed by atoms with Gasteiger partial charge in [0.15, 0.2) is 0 Å². The first-order chi connectivity index (χ1) is 9.54. The lowest BCUT2D eigenvalue weighted by Gasteiger charge is -2.31. The molecule has 1 aliphatic rings. The van der Waals surface area contributed by atoms with Crippen LogP contribution < -0.4 is 4.74 Å². The molecule has 3 nitrogen and oxygen atoms in total. The van der Waals surface area contributed by atoms with Crippen molar-refractivity contribution in [3.63, 3.8) is 0 Å². The fourth-order valence-corrected chi connectivity index (χ4v) is 2.55. The highest BCUT2D eigenvalue weighted by Crippen LogP contribution is 2.19. The number of likely N-dealkylation sites (tertiary alicyclic amines) is 1. The molecule has 1 saturated heterocycles. The molecule has 0 aliphatic carbocycles. The van der Waals surface area contributed by atoms with Gasteiger partial charge in [-0.1, -0.05) is 18.5 Å². The zero-order chi connectivity index (χ0) is 14.5. The van der Waals surface area contributed by atoms with Crippen LogP contribution in [0, 0.1) is 5.92 Å². The summed E-state index contributed by atoms with van der Waals surface area (Å²) in [5, 5.41) is 0.684. The first kappa shape index (κ1) is 15.2. The van der Waals surface area contributed by atoms with Crippen molar-refractivity contribution in [2.24, 2.45) is 5.92 Å². The van der Waals surface area contributed by atoms with Crippen molar-refractivity contribution in [3.05, 3.63) is 29.3 Å². The summed E-state index contributed by atoms with van der Waals surface area (Å²) in [6.07, 6.45) is 2.52. The number of amides is 1. The molecule has 4 heteroatoms. The summed E-state index contributed by atoms with van der Waals surface area (Å²) in [6, 6.07) is 7.23. The number of nitrogens with zero attached hydrogens (tertiary/aromatic N) is 1. The van der Waals surface area contributed by atoms with E-state index in [1.807, 2.05) is 24.0 Å². The minimum Gasteiger partial charge on any atom is -0.490 e. The van der Waals surface area contributed by atoms with Gasteiger partial charge < -0.3 is 9.64 Å². The van der Waals surface area contributed by atoms with Gasteiger partial charge in [0, 0.05) is 18.1 Å². The van der Waals surface area contributed by atoms with E-state index >= 15 is 0 Å². The number of carbonyl (C=O) groups excluding carboxylic acids is 1. The maximum absolute atomic E-state index is 12.2. The van der Waals surface area contributed by atoms with Gasteiger partial charge in [0.05, 0.1) is 6.42 Å². The molecule has 20 heavy (non-hydrogen) atoms. The summed E-state index contributed by atoms with van der Waals surface area (Å²) in [6.45, 7) is 5.94. The second kappa shape index (κ2) is 6.98. The second-order valence-electron chi connectivity index (χ2n) is 5.65. The first-order valence-electron chi connectivity index (χ1n) is 7.24. The summed E-state index contributed by atoms with van der Waals surface area (Å²) in [7, 11) is 0. The topological polar surface area (TPSA) is 29.5 Å². The number of carbonyl (C=O) groups is 1. The number of piperidine rings is 1. The second-order valence-corrected chi connectivity index (χ2v) is 6.09. The van der Waals surface area contributed by atoms with E-state index in [4.69, 9.17) is 16.3 Å². The van der Waals surface area contributed by atoms with E-state index < -0.39 is 0 Å². The van der Waals surface area contributed by atoms with Gasteiger partial charge in [0.1, 0.15) is 11.9 Å². The Labute approximate surface area is 125 Å². The van der Waals surface area contributed by atoms with Crippen LogP contribution in [0.4, 0.5) is 0 Å². The van der Waals surface area contributed by atoms with Crippen molar-refractivity contribution in [2.75, 3.05) is 13.1 Å². The van der Waals surface area contributed by atoms with Crippen LogP contribution in [0.3, 0.4) is 0 Å². The van der Waals surface area contributed by atoms with Gasteiger partial charge in [0.2, 0.25) is 5.91 Å². The summed E-state index contributed by atoms with van der Waals surface area (Å²) in [5.74, 6) is 1.68. The normalized spacial score (nSPS) is 17.9. The highest BCUT2D eigenvalue weighted by molar-refractivity contribution is 6.30. The van der Waals surface area contributed by atoms with E-state index in [0.717, 1.165) is 37.6 Å². The van der Waals surface area contributed by atoms with Crippen molar-refractivity contribution in [2.45, 2.75) is 39.2 Å². The Morgan fingerprint density at radius 1 is 1.35 bits per heavy atom. The summed E-state index contributed by atoms with van der Waals surface area (Å²) in [4.78, 5) is 14.1. The summed E-state index contributed by atoms with van der Waals surface area (Å²) < 4.78 is 5.75. The SMILES string of the molecule is CC1CCN(C(=O)C[C@@H](C)Oc2ccc(Cl)cc2)CC1. The van der Waals surface area contributed by atoms with Gasteiger partial charge >= 0.3 is 0 Å². The molecular weight excluding hydrogens is 274 g/mol. The standard InChI is InChI=1S/C16H22ClNO2/c1-12-7-9-18(10-8-12)16(19)11-13(2)20-15-5-3-14(17)4-6-15/h3-6,12-13H,7-11H2,1-2H3/t13-/m1/s1. The third-order valence-electron chi connectivity index (χ3n) is 3.75. The predicted molar refractivity (Wildman–Crippen MR) is 81.1 cm³/mol. The van der Waals surface area contributed by atoms with E-state index in [0.29, 0.717) is 11.4 Å². The number of ether oxygens (including phenoxy) is 1. The average molecular weight is 296 g/mol. The summed E-state index contributed by atoms with van der Waals surface area (Å²) >= 11 is 5.83. The zero-order valence-electron chi connectivity index (χ0n) is 12.1. The Morgan fingerprint density at radius 3 is 2.55 bits per heavy atom. The molecule has 110 valence electrons. The molecule has 0 radical (unpaired) electrons. The fourth-order valence-electron chi connectivity index (χ4n) is 2.42. The van der Waals surface area contributed by atoms with Crippen molar-refractivity contribution in [1.82, 2.24) is 4.90 Å². The van der Waals surface area contributed by atoms with Gasteiger partial charge in [0.25, 0.3) is 0 Å². The van der Waals surface area contributed by atoms with Gasteiger partial charge in [-0.25, -0.2) is 0 Å². The minimum absolute atomic E-state index is 0.122. The minimum atomic E-state index is -0.122. The molecule has 0 spiro atoms. The summed E-state index contributed by atoms with van der Waals surface area (Å²) in [5.41, 5.74) is 0. The average Bonchev–Trinajstić information content (AvgIpc) is 2.42. The highest BCUT2D eigenvalue weighted by atomic mass is 35.5. The molecule has 1 aromatic carbocycles. The van der Waals surface area contributed by atoms with Crippen LogP contribution in [0.25, 0.3) is 0 Å². The van der Waals surface area contributed by atoms with Gasteiger partial charge in [-0.05, 0) is 49.9 Å². The van der Waals surface area contributed by atoms with Crippen LogP contribution in [0.15, 0.2) is 24.3 Å². The van der Waals surface area contributed by atoms with Crippen LogP contribution >= 0.6 is 11.6 Å². The van der Waals surface area contributed by atoms with Crippen LogP contribution in [-0.2, 0) is 4.79 Å². The number of hydrogen-bond donors (Lipinski definition) is 0. The van der Waals surface area contributed by atoms with Crippen molar-refractivity contribution in [3.8, 4) is 5.75 Å². The number of benzene rings is 1. The molecule has 1 aromatic rings. The van der Waals surface area contributed by atoms with E-state index in [2.05, 4.69) is 6.92 Å². The Kier molecular flexibility index (Phi) is 5.30. The molecule has 0 aromatic heterocycles. The maximum Gasteiger partial charge on any atom is 0.226 e. The van der Waals surface area contributed by atoms with Crippen LogP contribution in [-0.4, -0.2) is 30.0 Å². The highest BCUT2D eigenvalue weighted by Gasteiger charge is 2.22. The third kappa shape index (κ3) is 4.41. The molecule has 1 amide bonds. The molecule has 1 atom stereocenters. The zero-order valence-corrected chi connectivity index (χ0v) is 12.9. The lowest BCUT2D eigenvalue weighted by atomic mass is 9.99. The van der Waals surface area contributed by atoms with Crippen molar-refractivity contribution < 1.29 is 9.53 Å². The monoisotopic (exact) mass is 295 g/mol. The quantitative estimate of drug-likeness (QED) is 0.846. The molecule has 0 unspecified atom stereocenters. The third-order valence-corrected chi connectivity index (χ3v) is 4.00. The van der Waals surface area contributed by atoms with E-state index in [1.165, 1.54) is 0 Å². The Bertz CT molecular complexity index is 438. The van der Waals surface area contributed by atoms with Crippen LogP contribution in [0.1, 0.15) is 33.1 Å². The van der Waals surface area contributed by atoms with Crippen LogP contribution in [0.2, 0.25) is 5.02 Å².